The Morgan fingerprint density at radius 2 is 2.00 bits per heavy atom. The van der Waals surface area contributed by atoms with Crippen molar-refractivity contribution in [3.63, 3.8) is 0 Å². The number of anilines is 1. The first-order chi connectivity index (χ1) is 7.85. The van der Waals surface area contributed by atoms with Crippen LogP contribution >= 0.6 is 0 Å². The lowest BCUT2D eigenvalue weighted by atomic mass is 10.1. The molecular formula is C12H17NO3. The second kappa shape index (κ2) is 5.30. The van der Waals surface area contributed by atoms with E-state index in [0.29, 0.717) is 13.2 Å². The van der Waals surface area contributed by atoms with E-state index in [-0.39, 0.29) is 19.3 Å². The van der Waals surface area contributed by atoms with Crippen molar-refractivity contribution in [3.05, 3.63) is 29.8 Å². The molecule has 1 fully saturated rings. The summed E-state index contributed by atoms with van der Waals surface area (Å²) in [5, 5.41) is 18.2. The molecule has 2 rings (SSSR count). The van der Waals surface area contributed by atoms with Crippen molar-refractivity contribution in [3.8, 4) is 0 Å². The summed E-state index contributed by atoms with van der Waals surface area (Å²) in [6, 6.07) is 7.78. The molecule has 1 atom stereocenters. The number of nitrogens with zero attached hydrogens (tertiary/aromatic N) is 1. The SMILES string of the molecule is OCc1ccc(N2CCOCC2CO)cc1. The molecule has 1 unspecified atom stereocenters. The van der Waals surface area contributed by atoms with E-state index in [1.165, 1.54) is 0 Å². The highest BCUT2D eigenvalue weighted by Crippen LogP contribution is 2.20. The van der Waals surface area contributed by atoms with E-state index in [4.69, 9.17) is 9.84 Å². The topological polar surface area (TPSA) is 52.9 Å². The van der Waals surface area contributed by atoms with Crippen LogP contribution in [0.5, 0.6) is 0 Å². The van der Waals surface area contributed by atoms with Crippen LogP contribution in [0.1, 0.15) is 5.56 Å². The summed E-state index contributed by atoms with van der Waals surface area (Å²) in [6.07, 6.45) is 0. The average molecular weight is 223 g/mol. The van der Waals surface area contributed by atoms with Gasteiger partial charge in [0.1, 0.15) is 0 Å². The molecule has 2 N–H and O–H groups in total. The number of ether oxygens (including phenoxy) is 1. The number of aliphatic hydroxyl groups is 2. The van der Waals surface area contributed by atoms with E-state index in [9.17, 15) is 5.11 Å². The molecule has 0 radical (unpaired) electrons. The van der Waals surface area contributed by atoms with Crippen molar-refractivity contribution in [2.75, 3.05) is 31.3 Å². The molecule has 1 aliphatic rings. The zero-order valence-electron chi connectivity index (χ0n) is 9.17. The molecule has 0 amide bonds. The van der Waals surface area contributed by atoms with Gasteiger partial charge in [-0.3, -0.25) is 0 Å². The highest BCUT2D eigenvalue weighted by atomic mass is 16.5. The fourth-order valence-electron chi connectivity index (χ4n) is 1.94. The van der Waals surface area contributed by atoms with E-state index in [2.05, 4.69) is 4.90 Å². The van der Waals surface area contributed by atoms with E-state index in [1.807, 2.05) is 24.3 Å². The van der Waals surface area contributed by atoms with Crippen LogP contribution in [-0.2, 0) is 11.3 Å². The zero-order valence-corrected chi connectivity index (χ0v) is 9.17. The molecule has 0 spiro atoms. The van der Waals surface area contributed by atoms with Crippen LogP contribution in [0.4, 0.5) is 5.69 Å². The second-order valence-corrected chi connectivity index (χ2v) is 3.93. The first kappa shape index (κ1) is 11.4. The summed E-state index contributed by atoms with van der Waals surface area (Å²) < 4.78 is 5.33. The van der Waals surface area contributed by atoms with Crippen LogP contribution in [0.25, 0.3) is 0 Å². The predicted molar refractivity (Wildman–Crippen MR) is 61.4 cm³/mol. The molecule has 1 saturated heterocycles. The van der Waals surface area contributed by atoms with Gasteiger partial charge in [-0.15, -0.1) is 0 Å². The maximum Gasteiger partial charge on any atom is 0.0755 e. The summed E-state index contributed by atoms with van der Waals surface area (Å²) >= 11 is 0. The summed E-state index contributed by atoms with van der Waals surface area (Å²) in [6.45, 7) is 2.22. The lowest BCUT2D eigenvalue weighted by molar-refractivity contribution is 0.0727. The lowest BCUT2D eigenvalue weighted by Gasteiger charge is -2.36. The number of morpholine rings is 1. The minimum Gasteiger partial charge on any atom is -0.394 e. The Morgan fingerprint density at radius 3 is 2.62 bits per heavy atom. The van der Waals surface area contributed by atoms with E-state index in [0.717, 1.165) is 17.8 Å². The molecule has 1 aromatic carbocycles. The van der Waals surface area contributed by atoms with Gasteiger partial charge in [-0.25, -0.2) is 0 Å². The van der Waals surface area contributed by atoms with Crippen LogP contribution in [0.3, 0.4) is 0 Å². The predicted octanol–water partition coefficient (Wildman–Crippen LogP) is 0.376. The Bertz CT molecular complexity index is 326. The number of hydrogen-bond acceptors (Lipinski definition) is 4. The summed E-state index contributed by atoms with van der Waals surface area (Å²) in [5.74, 6) is 0. The molecule has 1 aromatic rings. The van der Waals surface area contributed by atoms with Crippen molar-refractivity contribution >= 4 is 5.69 Å². The lowest BCUT2D eigenvalue weighted by Crippen LogP contribution is -2.47. The van der Waals surface area contributed by atoms with Crippen LogP contribution in [0.2, 0.25) is 0 Å². The molecule has 1 heterocycles. The Balaban J connectivity index is 2.14. The molecule has 0 aromatic heterocycles. The number of hydrogen-bond donors (Lipinski definition) is 2. The van der Waals surface area contributed by atoms with Gasteiger partial charge in [0.25, 0.3) is 0 Å². The largest absolute Gasteiger partial charge is 0.394 e. The van der Waals surface area contributed by atoms with Crippen molar-refractivity contribution in [1.29, 1.82) is 0 Å². The van der Waals surface area contributed by atoms with Crippen LogP contribution in [-0.4, -0.2) is 42.6 Å². The Morgan fingerprint density at radius 1 is 1.25 bits per heavy atom. The van der Waals surface area contributed by atoms with Crippen LogP contribution in [0, 0.1) is 0 Å². The molecule has 4 heteroatoms. The molecule has 16 heavy (non-hydrogen) atoms. The number of benzene rings is 1. The maximum absolute atomic E-state index is 9.26. The minimum absolute atomic E-state index is 0.0359. The third kappa shape index (κ3) is 2.35. The molecule has 0 aliphatic carbocycles. The normalized spacial score (nSPS) is 21.1. The fourth-order valence-corrected chi connectivity index (χ4v) is 1.94. The third-order valence-corrected chi connectivity index (χ3v) is 2.89. The van der Waals surface area contributed by atoms with Gasteiger partial charge in [0.05, 0.1) is 32.5 Å². The van der Waals surface area contributed by atoms with Gasteiger partial charge < -0.3 is 19.8 Å². The van der Waals surface area contributed by atoms with Gasteiger partial charge in [0.2, 0.25) is 0 Å². The van der Waals surface area contributed by atoms with Gasteiger partial charge in [-0.05, 0) is 17.7 Å². The summed E-state index contributed by atoms with van der Waals surface area (Å²) in [5.41, 5.74) is 1.97. The van der Waals surface area contributed by atoms with Gasteiger partial charge >= 0.3 is 0 Å². The Hall–Kier alpha value is -1.10. The molecule has 1 aliphatic heterocycles. The highest BCUT2D eigenvalue weighted by Gasteiger charge is 2.22. The fraction of sp³-hybridized carbons (Fsp3) is 0.500. The van der Waals surface area contributed by atoms with Crippen molar-refractivity contribution in [2.45, 2.75) is 12.6 Å². The molecule has 4 nitrogen and oxygen atoms in total. The van der Waals surface area contributed by atoms with E-state index >= 15 is 0 Å². The monoisotopic (exact) mass is 223 g/mol. The van der Waals surface area contributed by atoms with Crippen molar-refractivity contribution in [1.82, 2.24) is 0 Å². The van der Waals surface area contributed by atoms with Gasteiger partial charge in [0, 0.05) is 12.2 Å². The van der Waals surface area contributed by atoms with Crippen molar-refractivity contribution < 1.29 is 14.9 Å². The van der Waals surface area contributed by atoms with Gasteiger partial charge in [-0.2, -0.15) is 0 Å². The first-order valence-corrected chi connectivity index (χ1v) is 5.50. The first-order valence-electron chi connectivity index (χ1n) is 5.50. The molecular weight excluding hydrogens is 206 g/mol. The second-order valence-electron chi connectivity index (χ2n) is 3.93. The third-order valence-electron chi connectivity index (χ3n) is 2.89. The zero-order chi connectivity index (χ0) is 11.4. The summed E-state index contributed by atoms with van der Waals surface area (Å²) in [4.78, 5) is 2.14. The van der Waals surface area contributed by atoms with E-state index < -0.39 is 0 Å². The molecule has 0 bridgehead atoms. The van der Waals surface area contributed by atoms with Crippen LogP contribution in [0.15, 0.2) is 24.3 Å². The maximum atomic E-state index is 9.26. The highest BCUT2D eigenvalue weighted by molar-refractivity contribution is 5.49. The molecule has 0 saturated carbocycles. The molecule has 88 valence electrons. The standard InChI is InChI=1S/C12H17NO3/c14-7-10-1-3-11(4-2-10)13-5-6-16-9-12(13)8-15/h1-4,12,14-15H,5-9H2. The average Bonchev–Trinajstić information content (AvgIpc) is 2.39. The quantitative estimate of drug-likeness (QED) is 0.777. The van der Waals surface area contributed by atoms with Gasteiger partial charge in [-0.1, -0.05) is 12.1 Å². The van der Waals surface area contributed by atoms with E-state index in [1.54, 1.807) is 0 Å². The Kier molecular flexibility index (Phi) is 3.77. The van der Waals surface area contributed by atoms with Gasteiger partial charge in [0.15, 0.2) is 0 Å². The smallest absolute Gasteiger partial charge is 0.0755 e. The summed E-state index contributed by atoms with van der Waals surface area (Å²) in [7, 11) is 0. The van der Waals surface area contributed by atoms with Crippen molar-refractivity contribution in [2.24, 2.45) is 0 Å². The number of rotatable bonds is 3. The van der Waals surface area contributed by atoms with Crippen LogP contribution < -0.4 is 4.90 Å². The minimum atomic E-state index is 0.0359. The Labute approximate surface area is 95.1 Å². The number of aliphatic hydroxyl groups excluding tert-OH is 2.